The van der Waals surface area contributed by atoms with E-state index in [1.807, 2.05) is 0 Å². The molecule has 0 saturated heterocycles. The van der Waals surface area contributed by atoms with Gasteiger partial charge >= 0.3 is 5.97 Å². The molecule has 1 aromatic carbocycles. The SMILES string of the molecule is C[C@]12CC[C@H](OC(=O)c3ccccc3O)CC1=CC[C@@H]1[C@@H]2CC[C@]2(C)C(=O)CC[C@@H]12. The van der Waals surface area contributed by atoms with E-state index < -0.39 is 5.97 Å². The Hall–Kier alpha value is -2.10. The number of rotatable bonds is 2. The van der Waals surface area contributed by atoms with Crippen LogP contribution in [-0.2, 0) is 9.53 Å². The van der Waals surface area contributed by atoms with Gasteiger partial charge in [0.15, 0.2) is 0 Å². The first-order valence-electron chi connectivity index (χ1n) is 11.5. The third-order valence-corrected chi connectivity index (χ3v) is 9.17. The Morgan fingerprint density at radius 1 is 1.07 bits per heavy atom. The fourth-order valence-electron chi connectivity index (χ4n) is 7.36. The van der Waals surface area contributed by atoms with E-state index in [4.69, 9.17) is 4.74 Å². The molecule has 0 aliphatic heterocycles. The smallest absolute Gasteiger partial charge is 0.342 e. The Balaban J connectivity index is 1.33. The van der Waals surface area contributed by atoms with Crippen LogP contribution in [0.1, 0.15) is 75.6 Å². The molecule has 6 atom stereocenters. The molecule has 0 radical (unpaired) electrons. The molecule has 4 aliphatic rings. The van der Waals surface area contributed by atoms with Gasteiger partial charge in [0.05, 0.1) is 0 Å². The average molecular weight is 409 g/mol. The van der Waals surface area contributed by atoms with E-state index in [1.54, 1.807) is 18.2 Å². The summed E-state index contributed by atoms with van der Waals surface area (Å²) in [6.45, 7) is 4.64. The lowest BCUT2D eigenvalue weighted by molar-refractivity contribution is -0.132. The molecule has 30 heavy (non-hydrogen) atoms. The van der Waals surface area contributed by atoms with Crippen LogP contribution in [0.3, 0.4) is 0 Å². The van der Waals surface area contributed by atoms with Gasteiger partial charge < -0.3 is 9.84 Å². The van der Waals surface area contributed by atoms with Crippen molar-refractivity contribution in [3.8, 4) is 5.75 Å². The number of fused-ring (bicyclic) bond motifs is 5. The number of para-hydroxylation sites is 1. The van der Waals surface area contributed by atoms with Crippen LogP contribution in [0.15, 0.2) is 35.9 Å². The van der Waals surface area contributed by atoms with Crippen molar-refractivity contribution in [1.82, 2.24) is 0 Å². The van der Waals surface area contributed by atoms with Gasteiger partial charge in [0, 0.05) is 18.3 Å². The van der Waals surface area contributed by atoms with Crippen LogP contribution < -0.4 is 0 Å². The summed E-state index contributed by atoms with van der Waals surface area (Å²) in [5, 5.41) is 9.95. The van der Waals surface area contributed by atoms with Gasteiger partial charge in [-0.25, -0.2) is 4.79 Å². The van der Waals surface area contributed by atoms with Crippen LogP contribution in [0.5, 0.6) is 5.75 Å². The molecular formula is C26H32O4. The first kappa shape index (κ1) is 19.8. The minimum Gasteiger partial charge on any atom is -0.507 e. The van der Waals surface area contributed by atoms with E-state index in [9.17, 15) is 14.7 Å². The van der Waals surface area contributed by atoms with Gasteiger partial charge in [-0.05, 0) is 73.8 Å². The molecule has 0 unspecified atom stereocenters. The molecule has 4 aliphatic carbocycles. The summed E-state index contributed by atoms with van der Waals surface area (Å²) in [4.78, 5) is 25.1. The van der Waals surface area contributed by atoms with E-state index in [0.717, 1.165) is 51.4 Å². The fraction of sp³-hybridized carbons (Fsp3) is 0.615. The van der Waals surface area contributed by atoms with E-state index in [2.05, 4.69) is 19.9 Å². The lowest BCUT2D eigenvalue weighted by Gasteiger charge is -2.56. The molecule has 5 rings (SSSR count). The second kappa shape index (κ2) is 6.96. The van der Waals surface area contributed by atoms with Gasteiger partial charge in [-0.15, -0.1) is 0 Å². The van der Waals surface area contributed by atoms with E-state index in [0.29, 0.717) is 23.5 Å². The lowest BCUT2D eigenvalue weighted by atomic mass is 9.48. The van der Waals surface area contributed by atoms with Crippen molar-refractivity contribution in [2.24, 2.45) is 28.6 Å². The van der Waals surface area contributed by atoms with Crippen molar-refractivity contribution in [3.63, 3.8) is 0 Å². The van der Waals surface area contributed by atoms with Crippen molar-refractivity contribution < 1.29 is 19.4 Å². The van der Waals surface area contributed by atoms with Crippen LogP contribution in [-0.4, -0.2) is 23.0 Å². The highest BCUT2D eigenvalue weighted by molar-refractivity contribution is 5.92. The number of hydrogen-bond acceptors (Lipinski definition) is 4. The van der Waals surface area contributed by atoms with E-state index in [-0.39, 0.29) is 28.2 Å². The summed E-state index contributed by atoms with van der Waals surface area (Å²) in [7, 11) is 0. The Kier molecular flexibility index (Phi) is 4.61. The summed E-state index contributed by atoms with van der Waals surface area (Å²) >= 11 is 0. The van der Waals surface area contributed by atoms with Crippen molar-refractivity contribution in [2.75, 3.05) is 0 Å². The molecule has 1 N–H and O–H groups in total. The highest BCUT2D eigenvalue weighted by Gasteiger charge is 2.58. The summed E-state index contributed by atoms with van der Waals surface area (Å²) in [5.74, 6) is 1.81. The predicted octanol–water partition coefficient (Wildman–Crippen LogP) is 5.45. The van der Waals surface area contributed by atoms with E-state index >= 15 is 0 Å². The zero-order valence-corrected chi connectivity index (χ0v) is 18.0. The van der Waals surface area contributed by atoms with Crippen LogP contribution >= 0.6 is 0 Å². The maximum atomic E-state index is 12.6. The number of ketones is 1. The Labute approximate surface area is 178 Å². The summed E-state index contributed by atoms with van der Waals surface area (Å²) in [5.41, 5.74) is 1.75. The highest BCUT2D eigenvalue weighted by atomic mass is 16.5. The van der Waals surface area contributed by atoms with Gasteiger partial charge in [-0.1, -0.05) is 37.6 Å². The normalized spacial score (nSPS) is 40.1. The Bertz CT molecular complexity index is 917. The second-order valence-corrected chi connectivity index (χ2v) is 10.5. The number of phenols is 1. The summed E-state index contributed by atoms with van der Waals surface area (Å²) < 4.78 is 5.80. The molecule has 4 heteroatoms. The van der Waals surface area contributed by atoms with Crippen molar-refractivity contribution in [3.05, 3.63) is 41.5 Å². The zero-order valence-electron chi connectivity index (χ0n) is 18.0. The van der Waals surface area contributed by atoms with Crippen LogP contribution in [0.4, 0.5) is 0 Å². The zero-order chi connectivity index (χ0) is 21.1. The highest BCUT2D eigenvalue weighted by Crippen LogP contribution is 2.64. The lowest BCUT2D eigenvalue weighted by Crippen LogP contribution is -2.50. The number of aromatic hydroxyl groups is 1. The number of ether oxygens (including phenoxy) is 1. The number of carbonyl (C=O) groups excluding carboxylic acids is 2. The van der Waals surface area contributed by atoms with Gasteiger partial charge in [0.25, 0.3) is 0 Å². The number of hydrogen-bond donors (Lipinski definition) is 1. The van der Waals surface area contributed by atoms with Crippen molar-refractivity contribution in [1.29, 1.82) is 0 Å². The summed E-state index contributed by atoms with van der Waals surface area (Å²) in [6.07, 6.45) is 10.0. The largest absolute Gasteiger partial charge is 0.507 e. The van der Waals surface area contributed by atoms with Gasteiger partial charge in [-0.3, -0.25) is 4.79 Å². The number of esters is 1. The Morgan fingerprint density at radius 2 is 1.80 bits per heavy atom. The average Bonchev–Trinajstić information content (AvgIpc) is 3.03. The second-order valence-electron chi connectivity index (χ2n) is 10.5. The standard InChI is InChI=1S/C26H32O4/c1-25-13-11-17(30-24(29)19-5-3-4-6-22(19)27)15-16(25)7-8-18-20-9-10-23(28)26(20,2)14-12-21(18)25/h3-7,17-18,20-21,27H,8-15H2,1-2H3/t17-,18-,20-,21-,25-,26-/m0/s1. The molecule has 4 nitrogen and oxygen atoms in total. The molecule has 0 spiro atoms. The molecule has 0 amide bonds. The fourth-order valence-corrected chi connectivity index (χ4v) is 7.36. The number of Topliss-reactive ketones (excluding diaryl/α,β-unsaturated/α-hetero) is 1. The van der Waals surface area contributed by atoms with E-state index in [1.165, 1.54) is 11.6 Å². The predicted molar refractivity (Wildman–Crippen MR) is 114 cm³/mol. The monoisotopic (exact) mass is 408 g/mol. The van der Waals surface area contributed by atoms with Gasteiger partial charge in [-0.2, -0.15) is 0 Å². The molecule has 0 heterocycles. The first-order chi connectivity index (χ1) is 14.3. The third kappa shape index (κ3) is 2.86. The summed E-state index contributed by atoms with van der Waals surface area (Å²) in [6, 6.07) is 6.57. The van der Waals surface area contributed by atoms with Crippen LogP contribution in [0, 0.1) is 28.6 Å². The molecule has 1 aromatic rings. The molecule has 3 fully saturated rings. The molecule has 0 aromatic heterocycles. The molecule has 0 bridgehead atoms. The number of benzene rings is 1. The molecular weight excluding hydrogens is 376 g/mol. The minimum absolute atomic E-state index is 0.0285. The minimum atomic E-state index is -0.436. The van der Waals surface area contributed by atoms with Gasteiger partial charge in [0.1, 0.15) is 23.2 Å². The number of carbonyl (C=O) groups is 2. The third-order valence-electron chi connectivity index (χ3n) is 9.17. The number of allylic oxidation sites excluding steroid dienone is 1. The Morgan fingerprint density at radius 3 is 2.60 bits per heavy atom. The van der Waals surface area contributed by atoms with Crippen molar-refractivity contribution >= 4 is 11.8 Å². The first-order valence-corrected chi connectivity index (χ1v) is 11.5. The maximum absolute atomic E-state index is 12.6. The van der Waals surface area contributed by atoms with Gasteiger partial charge in [0.2, 0.25) is 0 Å². The number of phenolic OH excluding ortho intramolecular Hbond substituents is 1. The van der Waals surface area contributed by atoms with Crippen molar-refractivity contribution in [2.45, 2.75) is 71.3 Å². The van der Waals surface area contributed by atoms with Crippen LogP contribution in [0.2, 0.25) is 0 Å². The maximum Gasteiger partial charge on any atom is 0.342 e. The van der Waals surface area contributed by atoms with Crippen LogP contribution in [0.25, 0.3) is 0 Å². The quantitative estimate of drug-likeness (QED) is 0.522. The molecule has 3 saturated carbocycles. The topological polar surface area (TPSA) is 63.6 Å². The molecule has 160 valence electrons.